The second-order valence-electron chi connectivity index (χ2n) is 4.53. The summed E-state index contributed by atoms with van der Waals surface area (Å²) in [5.41, 5.74) is 4.53. The maximum absolute atomic E-state index is 12.9. The number of hydrogen-bond acceptors (Lipinski definition) is 3. The van der Waals surface area contributed by atoms with Gasteiger partial charge < -0.3 is 10.5 Å². The van der Waals surface area contributed by atoms with Crippen molar-refractivity contribution < 1.29 is 31.1 Å². The van der Waals surface area contributed by atoms with Crippen molar-refractivity contribution in [3.63, 3.8) is 0 Å². The Morgan fingerprint density at radius 3 is 2.09 bits per heavy atom. The Hall–Kier alpha value is -2.29. The standard InChI is InChI=1S/C14H10F6N2O/c15-13(16,17)10-2-1-7-22-12(10)11(21)8-3-5-9(6-4-8)23-14(18,19)20/h1-7,11H,21H2/t11-/m0/s1. The van der Waals surface area contributed by atoms with Crippen molar-refractivity contribution in [3.8, 4) is 5.75 Å². The van der Waals surface area contributed by atoms with Crippen LogP contribution in [0.4, 0.5) is 26.3 Å². The zero-order chi connectivity index (χ0) is 17.3. The smallest absolute Gasteiger partial charge is 0.406 e. The highest BCUT2D eigenvalue weighted by atomic mass is 19.4. The van der Waals surface area contributed by atoms with Crippen LogP contribution in [0.15, 0.2) is 42.6 Å². The highest BCUT2D eigenvalue weighted by Gasteiger charge is 2.35. The number of rotatable bonds is 3. The molecule has 1 heterocycles. The summed E-state index contributed by atoms with van der Waals surface area (Å²) in [6.07, 6.45) is -8.33. The average molecular weight is 336 g/mol. The van der Waals surface area contributed by atoms with Crippen LogP contribution in [0.2, 0.25) is 0 Å². The number of hydrogen-bond donors (Lipinski definition) is 1. The van der Waals surface area contributed by atoms with Crippen molar-refractivity contribution in [3.05, 3.63) is 59.4 Å². The Labute approximate surface area is 126 Å². The molecule has 9 heteroatoms. The molecule has 0 unspecified atom stereocenters. The molecule has 2 rings (SSSR count). The van der Waals surface area contributed by atoms with Crippen molar-refractivity contribution in [1.29, 1.82) is 0 Å². The van der Waals surface area contributed by atoms with Gasteiger partial charge in [-0.05, 0) is 29.8 Å². The number of aromatic nitrogens is 1. The highest BCUT2D eigenvalue weighted by molar-refractivity contribution is 5.36. The lowest BCUT2D eigenvalue weighted by molar-refractivity contribution is -0.274. The first-order chi connectivity index (χ1) is 10.6. The fourth-order valence-corrected chi connectivity index (χ4v) is 1.94. The Kier molecular flexibility index (Phi) is 4.51. The van der Waals surface area contributed by atoms with Crippen LogP contribution in [-0.2, 0) is 6.18 Å². The molecule has 0 aliphatic carbocycles. The van der Waals surface area contributed by atoms with Crippen LogP contribution < -0.4 is 10.5 Å². The molecule has 1 atom stereocenters. The number of halogens is 6. The molecule has 2 N–H and O–H groups in total. The van der Waals surface area contributed by atoms with Gasteiger partial charge in [0, 0.05) is 6.20 Å². The van der Waals surface area contributed by atoms with Crippen molar-refractivity contribution in [2.45, 2.75) is 18.6 Å². The van der Waals surface area contributed by atoms with E-state index in [1.165, 1.54) is 0 Å². The molecule has 0 saturated heterocycles. The minimum atomic E-state index is -4.85. The van der Waals surface area contributed by atoms with Gasteiger partial charge >= 0.3 is 12.5 Å². The van der Waals surface area contributed by atoms with Crippen LogP contribution >= 0.6 is 0 Å². The SMILES string of the molecule is N[C@@H](c1ccc(OC(F)(F)F)cc1)c1ncccc1C(F)(F)F. The van der Waals surface area contributed by atoms with Gasteiger partial charge in [0.25, 0.3) is 0 Å². The fraction of sp³-hybridized carbons (Fsp3) is 0.214. The van der Waals surface area contributed by atoms with Crippen molar-refractivity contribution in [2.75, 3.05) is 0 Å². The lowest BCUT2D eigenvalue weighted by atomic mass is 10.00. The molecule has 124 valence electrons. The van der Waals surface area contributed by atoms with Gasteiger partial charge in [-0.1, -0.05) is 12.1 Å². The van der Waals surface area contributed by atoms with Crippen molar-refractivity contribution >= 4 is 0 Å². The molecule has 23 heavy (non-hydrogen) atoms. The molecule has 0 fully saturated rings. The molecule has 1 aromatic heterocycles. The van der Waals surface area contributed by atoms with E-state index in [0.29, 0.717) is 0 Å². The lowest BCUT2D eigenvalue weighted by Gasteiger charge is -2.17. The number of nitrogens with zero attached hydrogens (tertiary/aromatic N) is 1. The fourth-order valence-electron chi connectivity index (χ4n) is 1.94. The Morgan fingerprint density at radius 1 is 0.957 bits per heavy atom. The number of pyridine rings is 1. The molecular weight excluding hydrogens is 326 g/mol. The monoisotopic (exact) mass is 336 g/mol. The number of ether oxygens (including phenoxy) is 1. The first-order valence-electron chi connectivity index (χ1n) is 6.21. The number of benzene rings is 1. The summed E-state index contributed by atoms with van der Waals surface area (Å²) in [7, 11) is 0. The largest absolute Gasteiger partial charge is 0.573 e. The van der Waals surface area contributed by atoms with Crippen molar-refractivity contribution in [1.82, 2.24) is 4.98 Å². The first kappa shape index (κ1) is 17.1. The van der Waals surface area contributed by atoms with Gasteiger partial charge in [0.15, 0.2) is 0 Å². The van der Waals surface area contributed by atoms with Crippen LogP contribution in [0, 0.1) is 0 Å². The highest BCUT2D eigenvalue weighted by Crippen LogP contribution is 2.35. The first-order valence-corrected chi connectivity index (χ1v) is 6.21. The summed E-state index contributed by atoms with van der Waals surface area (Å²) in [5.74, 6) is -0.495. The molecule has 1 aromatic carbocycles. The van der Waals surface area contributed by atoms with Crippen LogP contribution in [0.25, 0.3) is 0 Å². The van der Waals surface area contributed by atoms with Crippen molar-refractivity contribution in [2.24, 2.45) is 5.73 Å². The summed E-state index contributed by atoms with van der Waals surface area (Å²) < 4.78 is 78.7. The molecule has 3 nitrogen and oxygen atoms in total. The molecule has 0 aliphatic rings. The van der Waals surface area contributed by atoms with Crippen LogP contribution in [0.3, 0.4) is 0 Å². The summed E-state index contributed by atoms with van der Waals surface area (Å²) >= 11 is 0. The topological polar surface area (TPSA) is 48.1 Å². The van der Waals surface area contributed by atoms with Gasteiger partial charge in [-0.3, -0.25) is 4.98 Å². The third-order valence-corrected chi connectivity index (χ3v) is 2.91. The minimum Gasteiger partial charge on any atom is -0.406 e. The van der Waals surface area contributed by atoms with E-state index < -0.39 is 35.6 Å². The van der Waals surface area contributed by atoms with Crippen LogP contribution in [0.5, 0.6) is 5.75 Å². The van der Waals surface area contributed by atoms with Gasteiger partial charge in [-0.2, -0.15) is 13.2 Å². The minimum absolute atomic E-state index is 0.170. The summed E-state index contributed by atoms with van der Waals surface area (Å²) in [4.78, 5) is 3.65. The summed E-state index contributed by atoms with van der Waals surface area (Å²) in [6.45, 7) is 0. The second-order valence-corrected chi connectivity index (χ2v) is 4.53. The van der Waals surface area contributed by atoms with E-state index in [1.54, 1.807) is 0 Å². The molecule has 0 aliphatic heterocycles. The Morgan fingerprint density at radius 2 is 1.57 bits per heavy atom. The normalized spacial score (nSPS) is 13.7. The molecule has 0 radical (unpaired) electrons. The van der Waals surface area contributed by atoms with Gasteiger partial charge in [0.05, 0.1) is 17.3 Å². The van der Waals surface area contributed by atoms with E-state index in [0.717, 1.165) is 42.6 Å². The molecular formula is C14H10F6N2O. The van der Waals surface area contributed by atoms with E-state index in [1.807, 2.05) is 0 Å². The maximum Gasteiger partial charge on any atom is 0.573 e. The summed E-state index contributed by atoms with van der Waals surface area (Å²) in [5, 5.41) is 0. The maximum atomic E-state index is 12.9. The summed E-state index contributed by atoms with van der Waals surface area (Å²) in [6, 6.07) is 4.97. The molecule has 0 amide bonds. The quantitative estimate of drug-likeness (QED) is 0.861. The average Bonchev–Trinajstić information content (AvgIpc) is 2.45. The molecule has 0 bridgehead atoms. The number of alkyl halides is 6. The van der Waals surface area contributed by atoms with Gasteiger partial charge in [0.1, 0.15) is 5.75 Å². The molecule has 2 aromatic rings. The van der Waals surface area contributed by atoms with E-state index in [-0.39, 0.29) is 5.56 Å². The third-order valence-electron chi connectivity index (χ3n) is 2.91. The predicted octanol–water partition coefficient (Wildman–Crippen LogP) is 4.05. The van der Waals surface area contributed by atoms with E-state index in [4.69, 9.17) is 5.73 Å². The van der Waals surface area contributed by atoms with E-state index in [9.17, 15) is 26.3 Å². The van der Waals surface area contributed by atoms with Gasteiger partial charge in [-0.25, -0.2) is 0 Å². The van der Waals surface area contributed by atoms with E-state index in [2.05, 4.69) is 9.72 Å². The second kappa shape index (κ2) is 6.07. The van der Waals surface area contributed by atoms with Crippen LogP contribution in [-0.4, -0.2) is 11.3 Å². The van der Waals surface area contributed by atoms with E-state index >= 15 is 0 Å². The molecule has 0 saturated carbocycles. The molecule has 0 spiro atoms. The Bertz CT molecular complexity index is 666. The number of nitrogens with two attached hydrogens (primary N) is 1. The van der Waals surface area contributed by atoms with Crippen LogP contribution in [0.1, 0.15) is 22.9 Å². The lowest BCUT2D eigenvalue weighted by Crippen LogP contribution is -2.20. The third kappa shape index (κ3) is 4.35. The van der Waals surface area contributed by atoms with Gasteiger partial charge in [0.2, 0.25) is 0 Å². The van der Waals surface area contributed by atoms with Gasteiger partial charge in [-0.15, -0.1) is 13.2 Å². The zero-order valence-electron chi connectivity index (χ0n) is 11.3. The Balaban J connectivity index is 2.30. The zero-order valence-corrected chi connectivity index (χ0v) is 11.3. The predicted molar refractivity (Wildman–Crippen MR) is 68.4 cm³/mol.